The van der Waals surface area contributed by atoms with Crippen LogP contribution in [0, 0.1) is 18.3 Å². The van der Waals surface area contributed by atoms with Crippen molar-refractivity contribution in [1.82, 2.24) is 10.9 Å². The zero-order valence-corrected chi connectivity index (χ0v) is 14.9. The van der Waals surface area contributed by atoms with Crippen LogP contribution in [0.2, 0.25) is 5.02 Å². The molecule has 128 valence electrons. The Bertz CT molecular complexity index is 836. The lowest BCUT2D eigenvalue weighted by atomic mass is 10.2. The normalized spacial score (nSPS) is 9.64. The van der Waals surface area contributed by atoms with Gasteiger partial charge in [-0.1, -0.05) is 29.8 Å². The number of benzene rings is 2. The van der Waals surface area contributed by atoms with E-state index in [0.717, 1.165) is 5.56 Å². The molecule has 0 aromatic heterocycles. The third kappa shape index (κ3) is 5.64. The molecule has 2 aromatic rings. The summed E-state index contributed by atoms with van der Waals surface area (Å²) in [5, 5.41) is 12.7. The van der Waals surface area contributed by atoms with Crippen LogP contribution in [0.1, 0.15) is 11.1 Å². The molecule has 3 N–H and O–H groups in total. The van der Waals surface area contributed by atoms with E-state index in [0.29, 0.717) is 22.0 Å². The zero-order chi connectivity index (χ0) is 18.2. The molecule has 0 heterocycles. The molecule has 0 saturated carbocycles. The summed E-state index contributed by atoms with van der Waals surface area (Å²) >= 11 is 11.1. The Kier molecular flexibility index (Phi) is 6.57. The number of anilines is 1. The fourth-order valence-electron chi connectivity index (χ4n) is 1.82. The molecule has 0 saturated heterocycles. The van der Waals surface area contributed by atoms with Crippen LogP contribution in [0.4, 0.5) is 5.69 Å². The number of nitrogens with zero attached hydrogens (tertiary/aromatic N) is 1. The van der Waals surface area contributed by atoms with E-state index >= 15 is 0 Å². The summed E-state index contributed by atoms with van der Waals surface area (Å²) in [7, 11) is 0. The van der Waals surface area contributed by atoms with Crippen LogP contribution in [0.5, 0.6) is 5.75 Å². The maximum atomic E-state index is 11.8. The molecule has 0 unspecified atom stereocenters. The standard InChI is InChI=1S/C17H15ClN4O2S/c1-11-6-7-13(8-14(11)18)20-17(25)22-21-16(23)10-24-15-5-3-2-4-12(15)9-19/h2-8H,10H2,1H3,(H,21,23)(H2,20,22,25). The summed E-state index contributed by atoms with van der Waals surface area (Å²) in [5.41, 5.74) is 6.97. The van der Waals surface area contributed by atoms with Crippen molar-refractivity contribution >= 4 is 40.5 Å². The highest BCUT2D eigenvalue weighted by Crippen LogP contribution is 2.19. The SMILES string of the molecule is Cc1ccc(NC(=S)NNC(=O)COc2ccccc2C#N)cc1Cl. The van der Waals surface area contributed by atoms with E-state index < -0.39 is 5.91 Å². The molecule has 0 aliphatic rings. The second kappa shape index (κ2) is 8.87. The van der Waals surface area contributed by atoms with Gasteiger partial charge >= 0.3 is 0 Å². The van der Waals surface area contributed by atoms with Crippen molar-refractivity contribution in [1.29, 1.82) is 5.26 Å². The number of hydrogen-bond donors (Lipinski definition) is 3. The first-order valence-corrected chi connectivity index (χ1v) is 8.02. The molecular formula is C17H15ClN4O2S. The van der Waals surface area contributed by atoms with Gasteiger partial charge in [0, 0.05) is 10.7 Å². The first kappa shape index (κ1) is 18.5. The largest absolute Gasteiger partial charge is 0.482 e. The highest BCUT2D eigenvalue weighted by molar-refractivity contribution is 7.80. The molecule has 6 nitrogen and oxygen atoms in total. The number of ether oxygens (including phenoxy) is 1. The van der Waals surface area contributed by atoms with Crippen molar-refractivity contribution in [3.8, 4) is 11.8 Å². The predicted octanol–water partition coefficient (Wildman–Crippen LogP) is 2.92. The molecule has 2 rings (SSSR count). The molecule has 0 spiro atoms. The number of halogens is 1. The van der Waals surface area contributed by atoms with E-state index in [1.165, 1.54) is 0 Å². The van der Waals surface area contributed by atoms with Gasteiger partial charge < -0.3 is 10.1 Å². The number of aryl methyl sites for hydroxylation is 1. The van der Waals surface area contributed by atoms with Gasteiger partial charge in [-0.25, -0.2) is 0 Å². The maximum Gasteiger partial charge on any atom is 0.276 e. The summed E-state index contributed by atoms with van der Waals surface area (Å²) < 4.78 is 5.31. The van der Waals surface area contributed by atoms with Gasteiger partial charge in [0.25, 0.3) is 5.91 Å². The van der Waals surface area contributed by atoms with Crippen molar-refractivity contribution in [3.05, 3.63) is 58.6 Å². The third-order valence-electron chi connectivity index (χ3n) is 3.11. The summed E-state index contributed by atoms with van der Waals surface area (Å²) in [6.45, 7) is 1.64. The topological polar surface area (TPSA) is 86.2 Å². The van der Waals surface area contributed by atoms with Gasteiger partial charge in [0.05, 0.1) is 5.56 Å². The highest BCUT2D eigenvalue weighted by atomic mass is 35.5. The van der Waals surface area contributed by atoms with E-state index in [1.807, 2.05) is 25.1 Å². The van der Waals surface area contributed by atoms with Crippen molar-refractivity contribution in [2.45, 2.75) is 6.92 Å². The molecule has 0 aliphatic heterocycles. The predicted molar refractivity (Wildman–Crippen MR) is 100 cm³/mol. The van der Waals surface area contributed by atoms with Gasteiger partial charge in [0.1, 0.15) is 11.8 Å². The van der Waals surface area contributed by atoms with Crippen LogP contribution in [0.25, 0.3) is 0 Å². The monoisotopic (exact) mass is 374 g/mol. The number of para-hydroxylation sites is 1. The van der Waals surface area contributed by atoms with Gasteiger partial charge in [0.2, 0.25) is 0 Å². The van der Waals surface area contributed by atoms with Gasteiger partial charge in [-0.15, -0.1) is 0 Å². The number of nitrogens with one attached hydrogen (secondary N) is 3. The van der Waals surface area contributed by atoms with Gasteiger partial charge in [-0.05, 0) is 49.0 Å². The Morgan fingerprint density at radius 2 is 2.04 bits per heavy atom. The molecule has 2 aromatic carbocycles. The Morgan fingerprint density at radius 1 is 1.28 bits per heavy atom. The van der Waals surface area contributed by atoms with Gasteiger partial charge in [0.15, 0.2) is 11.7 Å². The number of amides is 1. The quantitative estimate of drug-likeness (QED) is 0.563. The molecule has 0 radical (unpaired) electrons. The fraction of sp³-hybridized carbons (Fsp3) is 0.118. The van der Waals surface area contributed by atoms with Gasteiger partial charge in [-0.3, -0.25) is 15.6 Å². The Hall–Kier alpha value is -2.82. The van der Waals surface area contributed by atoms with E-state index in [2.05, 4.69) is 16.2 Å². The van der Waals surface area contributed by atoms with Crippen molar-refractivity contribution in [2.75, 3.05) is 11.9 Å². The highest BCUT2D eigenvalue weighted by Gasteiger charge is 2.07. The Labute approximate surface area is 155 Å². The average Bonchev–Trinajstić information content (AvgIpc) is 2.61. The molecule has 8 heteroatoms. The van der Waals surface area contributed by atoms with Gasteiger partial charge in [-0.2, -0.15) is 5.26 Å². The van der Waals surface area contributed by atoms with Crippen LogP contribution in [-0.4, -0.2) is 17.6 Å². The lowest BCUT2D eigenvalue weighted by molar-refractivity contribution is -0.123. The first-order valence-electron chi connectivity index (χ1n) is 7.23. The maximum absolute atomic E-state index is 11.8. The molecule has 0 fully saturated rings. The number of rotatable bonds is 4. The summed E-state index contributed by atoms with van der Waals surface area (Å²) in [6.07, 6.45) is 0. The van der Waals surface area contributed by atoms with Crippen LogP contribution in [-0.2, 0) is 4.79 Å². The summed E-state index contributed by atoms with van der Waals surface area (Å²) in [6, 6.07) is 14.1. The smallest absolute Gasteiger partial charge is 0.276 e. The molecule has 25 heavy (non-hydrogen) atoms. The molecule has 0 bridgehead atoms. The van der Waals surface area contributed by atoms with Crippen molar-refractivity contribution in [2.24, 2.45) is 0 Å². The van der Waals surface area contributed by atoms with Crippen LogP contribution < -0.4 is 20.9 Å². The summed E-state index contributed by atoms with van der Waals surface area (Å²) in [4.78, 5) is 11.8. The molecule has 1 amide bonds. The third-order valence-corrected chi connectivity index (χ3v) is 3.72. The van der Waals surface area contributed by atoms with Crippen molar-refractivity contribution < 1.29 is 9.53 Å². The van der Waals surface area contributed by atoms with E-state index in [4.69, 9.17) is 33.8 Å². The lowest BCUT2D eigenvalue weighted by Crippen LogP contribution is -2.45. The minimum atomic E-state index is -0.446. The molecule has 0 atom stereocenters. The van der Waals surface area contributed by atoms with Crippen LogP contribution in [0.15, 0.2) is 42.5 Å². The Morgan fingerprint density at radius 3 is 2.76 bits per heavy atom. The number of hydrazine groups is 1. The minimum Gasteiger partial charge on any atom is -0.482 e. The number of nitriles is 1. The number of thiocarbonyl (C=S) groups is 1. The van der Waals surface area contributed by atoms with Crippen molar-refractivity contribution in [3.63, 3.8) is 0 Å². The fourth-order valence-corrected chi connectivity index (χ4v) is 2.17. The zero-order valence-electron chi connectivity index (χ0n) is 13.3. The number of carbonyl (C=O) groups excluding carboxylic acids is 1. The van der Waals surface area contributed by atoms with E-state index in [-0.39, 0.29) is 11.7 Å². The second-order valence-corrected chi connectivity index (χ2v) is 5.80. The average molecular weight is 375 g/mol. The molecular weight excluding hydrogens is 360 g/mol. The first-order chi connectivity index (χ1) is 12.0. The van der Waals surface area contributed by atoms with E-state index in [1.54, 1.807) is 30.3 Å². The minimum absolute atomic E-state index is 0.200. The number of hydrogen-bond acceptors (Lipinski definition) is 4. The molecule has 0 aliphatic carbocycles. The lowest BCUT2D eigenvalue weighted by Gasteiger charge is -2.13. The van der Waals surface area contributed by atoms with Crippen LogP contribution >= 0.6 is 23.8 Å². The number of carbonyl (C=O) groups is 1. The summed E-state index contributed by atoms with van der Waals surface area (Å²) in [5.74, 6) is -0.103. The van der Waals surface area contributed by atoms with Crippen LogP contribution in [0.3, 0.4) is 0 Å². The Balaban J connectivity index is 1.78. The van der Waals surface area contributed by atoms with E-state index in [9.17, 15) is 4.79 Å². The second-order valence-electron chi connectivity index (χ2n) is 4.99.